The molecule has 1 amide bonds. The number of fused-ring (bicyclic) bond motifs is 1. The first kappa shape index (κ1) is 20.2. The number of carbonyl (C=O) groups is 1. The highest BCUT2D eigenvalue weighted by Crippen LogP contribution is 2.40. The Hall–Kier alpha value is -2.69. The molecular formula is C26H32N4O. The number of benzene rings is 1. The van der Waals surface area contributed by atoms with Crippen LogP contribution < -0.4 is 0 Å². The predicted octanol–water partition coefficient (Wildman–Crippen LogP) is 4.95. The first-order chi connectivity index (χ1) is 15.0. The van der Waals surface area contributed by atoms with Crippen LogP contribution in [0.2, 0.25) is 0 Å². The number of amides is 1. The fourth-order valence-corrected chi connectivity index (χ4v) is 4.94. The molecule has 2 aromatic heterocycles. The van der Waals surface area contributed by atoms with E-state index in [0.717, 1.165) is 60.3 Å². The summed E-state index contributed by atoms with van der Waals surface area (Å²) < 4.78 is 1.82. The summed E-state index contributed by atoms with van der Waals surface area (Å²) in [6, 6.07) is 10.9. The van der Waals surface area contributed by atoms with Gasteiger partial charge in [0, 0.05) is 31.7 Å². The molecule has 1 aromatic carbocycles. The Kier molecular flexibility index (Phi) is 5.28. The van der Waals surface area contributed by atoms with E-state index >= 15 is 0 Å². The smallest absolute Gasteiger partial charge is 0.254 e. The van der Waals surface area contributed by atoms with E-state index in [1.165, 1.54) is 30.4 Å². The predicted molar refractivity (Wildman–Crippen MR) is 123 cm³/mol. The Labute approximate surface area is 184 Å². The molecular weight excluding hydrogens is 384 g/mol. The van der Waals surface area contributed by atoms with Crippen molar-refractivity contribution in [3.05, 3.63) is 58.4 Å². The lowest BCUT2D eigenvalue weighted by atomic mass is 9.90. The van der Waals surface area contributed by atoms with Crippen molar-refractivity contribution in [2.45, 2.75) is 58.3 Å². The van der Waals surface area contributed by atoms with Crippen LogP contribution in [0.5, 0.6) is 0 Å². The molecule has 0 unspecified atom stereocenters. The number of likely N-dealkylation sites (tertiary alicyclic amines) is 1. The van der Waals surface area contributed by atoms with Gasteiger partial charge in [0.15, 0.2) is 5.65 Å². The van der Waals surface area contributed by atoms with Crippen molar-refractivity contribution in [1.82, 2.24) is 19.7 Å². The van der Waals surface area contributed by atoms with Gasteiger partial charge in [-0.2, -0.15) is 5.10 Å². The van der Waals surface area contributed by atoms with Crippen LogP contribution in [-0.4, -0.2) is 38.7 Å². The molecule has 31 heavy (non-hydrogen) atoms. The highest BCUT2D eigenvalue weighted by molar-refractivity contribution is 6.06. The molecule has 0 radical (unpaired) electrons. The minimum absolute atomic E-state index is 0.155. The van der Waals surface area contributed by atoms with Crippen molar-refractivity contribution < 1.29 is 4.79 Å². The van der Waals surface area contributed by atoms with E-state index in [4.69, 9.17) is 4.98 Å². The van der Waals surface area contributed by atoms with Crippen molar-refractivity contribution in [1.29, 1.82) is 0 Å². The molecule has 5 heteroatoms. The minimum atomic E-state index is 0.155. The van der Waals surface area contributed by atoms with Crippen LogP contribution in [0.3, 0.4) is 0 Å². The van der Waals surface area contributed by atoms with Crippen molar-refractivity contribution in [3.8, 4) is 0 Å². The SMILES string of the molecule is Cc1ccc(CCC2CCN(C(=O)c3cc(C4CC4)nc4c3c(C)nn4C)CC2)cc1. The molecule has 3 aromatic rings. The van der Waals surface area contributed by atoms with Crippen LogP contribution in [0.25, 0.3) is 11.0 Å². The molecule has 1 saturated heterocycles. The molecule has 162 valence electrons. The third-order valence-corrected chi connectivity index (χ3v) is 7.08. The molecule has 1 aliphatic carbocycles. The van der Waals surface area contributed by atoms with E-state index in [-0.39, 0.29) is 5.91 Å². The Morgan fingerprint density at radius 1 is 1.06 bits per heavy atom. The summed E-state index contributed by atoms with van der Waals surface area (Å²) >= 11 is 0. The number of rotatable bonds is 5. The minimum Gasteiger partial charge on any atom is -0.339 e. The average Bonchev–Trinajstić information content (AvgIpc) is 3.59. The molecule has 2 aliphatic rings. The summed E-state index contributed by atoms with van der Waals surface area (Å²) in [5.74, 6) is 1.37. The quantitative estimate of drug-likeness (QED) is 0.591. The zero-order valence-corrected chi connectivity index (χ0v) is 18.9. The van der Waals surface area contributed by atoms with Gasteiger partial charge in [-0.15, -0.1) is 0 Å². The van der Waals surface area contributed by atoms with Gasteiger partial charge in [0.2, 0.25) is 0 Å². The highest BCUT2D eigenvalue weighted by Gasteiger charge is 2.31. The summed E-state index contributed by atoms with van der Waals surface area (Å²) in [5.41, 5.74) is 6.33. The van der Waals surface area contributed by atoms with Crippen molar-refractivity contribution in [3.63, 3.8) is 0 Å². The molecule has 0 N–H and O–H groups in total. The van der Waals surface area contributed by atoms with Crippen molar-refractivity contribution in [2.24, 2.45) is 13.0 Å². The fraction of sp³-hybridized carbons (Fsp3) is 0.500. The molecule has 0 atom stereocenters. The number of aromatic nitrogens is 3. The number of hydrogen-bond acceptors (Lipinski definition) is 3. The van der Waals surface area contributed by atoms with Crippen LogP contribution in [0.4, 0.5) is 0 Å². The first-order valence-corrected chi connectivity index (χ1v) is 11.7. The van der Waals surface area contributed by atoms with Gasteiger partial charge < -0.3 is 4.90 Å². The Bertz CT molecular complexity index is 1100. The molecule has 3 heterocycles. The molecule has 2 fully saturated rings. The Morgan fingerprint density at radius 3 is 2.45 bits per heavy atom. The summed E-state index contributed by atoms with van der Waals surface area (Å²) in [5, 5.41) is 5.48. The van der Waals surface area contributed by atoms with Crippen LogP contribution in [0.1, 0.15) is 70.9 Å². The second kappa shape index (κ2) is 8.10. The van der Waals surface area contributed by atoms with E-state index in [1.54, 1.807) is 0 Å². The zero-order valence-electron chi connectivity index (χ0n) is 18.9. The third kappa shape index (κ3) is 4.10. The molecule has 5 rings (SSSR count). The zero-order chi connectivity index (χ0) is 21.5. The highest BCUT2D eigenvalue weighted by atomic mass is 16.2. The maximum absolute atomic E-state index is 13.5. The van der Waals surface area contributed by atoms with Crippen LogP contribution in [-0.2, 0) is 13.5 Å². The number of carbonyl (C=O) groups excluding carboxylic acids is 1. The lowest BCUT2D eigenvalue weighted by molar-refractivity contribution is 0.0688. The van der Waals surface area contributed by atoms with E-state index in [2.05, 4.69) is 47.3 Å². The standard InChI is InChI=1S/C26H32N4O/c1-17-4-6-19(7-5-17)8-9-20-12-14-30(15-13-20)26(31)22-16-23(21-10-11-21)27-25-24(22)18(2)28-29(25)3/h4-7,16,20-21H,8-15H2,1-3H3. The monoisotopic (exact) mass is 416 g/mol. The fourth-order valence-electron chi connectivity index (χ4n) is 4.94. The second-order valence-corrected chi connectivity index (χ2v) is 9.54. The van der Waals surface area contributed by atoms with E-state index in [9.17, 15) is 4.79 Å². The average molecular weight is 417 g/mol. The van der Waals surface area contributed by atoms with Crippen LogP contribution in [0, 0.1) is 19.8 Å². The largest absolute Gasteiger partial charge is 0.339 e. The lowest BCUT2D eigenvalue weighted by Gasteiger charge is -2.32. The van der Waals surface area contributed by atoms with E-state index in [1.807, 2.05) is 18.7 Å². The van der Waals surface area contributed by atoms with Gasteiger partial charge in [-0.05, 0) is 69.9 Å². The normalized spacial score (nSPS) is 17.5. The van der Waals surface area contributed by atoms with Crippen molar-refractivity contribution >= 4 is 16.9 Å². The summed E-state index contributed by atoms with van der Waals surface area (Å²) in [6.45, 7) is 5.81. The Morgan fingerprint density at radius 2 is 1.77 bits per heavy atom. The van der Waals surface area contributed by atoms with Crippen molar-refractivity contribution in [2.75, 3.05) is 13.1 Å². The van der Waals surface area contributed by atoms with Gasteiger partial charge in [0.1, 0.15) is 0 Å². The summed E-state index contributed by atoms with van der Waals surface area (Å²) in [6.07, 6.45) is 6.87. The lowest BCUT2D eigenvalue weighted by Crippen LogP contribution is -2.38. The number of hydrogen-bond donors (Lipinski definition) is 0. The number of piperidine rings is 1. The van der Waals surface area contributed by atoms with Gasteiger partial charge in [0.25, 0.3) is 5.91 Å². The maximum Gasteiger partial charge on any atom is 0.254 e. The van der Waals surface area contributed by atoms with Gasteiger partial charge in [-0.25, -0.2) is 4.98 Å². The van der Waals surface area contributed by atoms with Crippen LogP contribution >= 0.6 is 0 Å². The van der Waals surface area contributed by atoms with Gasteiger partial charge in [0.05, 0.1) is 16.6 Å². The molecule has 1 aliphatic heterocycles. The number of aryl methyl sites for hydroxylation is 4. The molecule has 0 spiro atoms. The second-order valence-electron chi connectivity index (χ2n) is 9.54. The number of nitrogens with zero attached hydrogens (tertiary/aromatic N) is 4. The first-order valence-electron chi connectivity index (χ1n) is 11.7. The van der Waals surface area contributed by atoms with Gasteiger partial charge >= 0.3 is 0 Å². The molecule has 0 bridgehead atoms. The summed E-state index contributed by atoms with van der Waals surface area (Å²) in [4.78, 5) is 20.5. The topological polar surface area (TPSA) is 51.0 Å². The summed E-state index contributed by atoms with van der Waals surface area (Å²) in [7, 11) is 1.92. The molecule has 5 nitrogen and oxygen atoms in total. The van der Waals surface area contributed by atoms with E-state index < -0.39 is 0 Å². The van der Waals surface area contributed by atoms with E-state index in [0.29, 0.717) is 11.8 Å². The van der Waals surface area contributed by atoms with Gasteiger partial charge in [-0.1, -0.05) is 29.8 Å². The maximum atomic E-state index is 13.5. The van der Waals surface area contributed by atoms with Crippen LogP contribution in [0.15, 0.2) is 30.3 Å². The third-order valence-electron chi connectivity index (χ3n) is 7.08. The number of pyridine rings is 1. The van der Waals surface area contributed by atoms with Gasteiger partial charge in [-0.3, -0.25) is 9.48 Å². The Balaban J connectivity index is 1.28. The molecule has 1 saturated carbocycles.